The number of benzene rings is 1. The van der Waals surface area contributed by atoms with E-state index in [1.54, 1.807) is 6.07 Å². The van der Waals surface area contributed by atoms with Crippen LogP contribution in [0.25, 0.3) is 0 Å². The van der Waals surface area contributed by atoms with Crippen LogP contribution in [0.1, 0.15) is 24.4 Å². The maximum absolute atomic E-state index is 13.2. The second kappa shape index (κ2) is 3.23. The third-order valence-corrected chi connectivity index (χ3v) is 2.25. The van der Waals surface area contributed by atoms with Gasteiger partial charge in [0.15, 0.2) is 0 Å². The topological polar surface area (TPSA) is 14.1 Å². The molecule has 1 radical (unpaired) electrons. The smallest absolute Gasteiger partial charge is 0.128 e. The maximum atomic E-state index is 13.2. The molecule has 1 aromatic carbocycles. The second-order valence-electron chi connectivity index (χ2n) is 3.09. The molecule has 63 valence electrons. The molecule has 1 aliphatic rings. The zero-order valence-corrected chi connectivity index (χ0v) is 6.83. The predicted octanol–water partition coefficient (Wildman–Crippen LogP) is 2.26. The summed E-state index contributed by atoms with van der Waals surface area (Å²) in [6, 6.07) is 7.03. The van der Waals surface area contributed by atoms with E-state index in [-0.39, 0.29) is 11.9 Å². The number of rotatable bonds is 1. The van der Waals surface area contributed by atoms with E-state index in [1.807, 2.05) is 12.1 Å². The number of hydrogen-bond acceptors (Lipinski definition) is 0. The fourth-order valence-corrected chi connectivity index (χ4v) is 1.62. The van der Waals surface area contributed by atoms with Gasteiger partial charge in [0, 0.05) is 12.1 Å². The van der Waals surface area contributed by atoms with Gasteiger partial charge in [-0.2, -0.15) is 0 Å². The van der Waals surface area contributed by atoms with Gasteiger partial charge in [-0.25, -0.2) is 9.71 Å². The summed E-state index contributed by atoms with van der Waals surface area (Å²) in [5.74, 6) is -0.117. The van der Waals surface area contributed by atoms with Gasteiger partial charge in [0.2, 0.25) is 0 Å². The van der Waals surface area contributed by atoms with Gasteiger partial charge in [-0.05, 0) is 18.9 Å². The standard InChI is InChI=1S/C10H11FN/c11-9-5-2-1-4-8(9)10-6-3-7-12-10/h1-2,4-5,10H,3,6-7H2. The van der Waals surface area contributed by atoms with Crippen molar-refractivity contribution in [3.05, 3.63) is 35.6 Å². The summed E-state index contributed by atoms with van der Waals surface area (Å²) in [4.78, 5) is 0. The van der Waals surface area contributed by atoms with Crippen LogP contribution in [0.15, 0.2) is 24.3 Å². The first-order valence-corrected chi connectivity index (χ1v) is 4.29. The third kappa shape index (κ3) is 1.34. The molecule has 1 saturated heterocycles. The summed E-state index contributed by atoms with van der Waals surface area (Å²) in [5.41, 5.74) is 0.759. The van der Waals surface area contributed by atoms with E-state index >= 15 is 0 Å². The largest absolute Gasteiger partial charge is 0.234 e. The number of hydrogen-bond donors (Lipinski definition) is 0. The molecule has 0 bridgehead atoms. The Bertz CT molecular complexity index is 266. The fraction of sp³-hybridized carbons (Fsp3) is 0.400. The van der Waals surface area contributed by atoms with E-state index in [4.69, 9.17) is 0 Å². The molecule has 2 rings (SSSR count). The van der Waals surface area contributed by atoms with Gasteiger partial charge in [0.1, 0.15) is 5.82 Å². The van der Waals surface area contributed by atoms with E-state index in [0.29, 0.717) is 0 Å². The molecule has 1 aromatic rings. The molecule has 0 aromatic heterocycles. The Balaban J connectivity index is 2.26. The molecule has 0 spiro atoms. The maximum Gasteiger partial charge on any atom is 0.128 e. The van der Waals surface area contributed by atoms with Crippen molar-refractivity contribution in [3.8, 4) is 0 Å². The molecule has 0 aliphatic carbocycles. The van der Waals surface area contributed by atoms with E-state index in [1.165, 1.54) is 6.07 Å². The highest BCUT2D eigenvalue weighted by Crippen LogP contribution is 2.26. The van der Waals surface area contributed by atoms with Crippen molar-refractivity contribution < 1.29 is 4.39 Å². The molecule has 2 heteroatoms. The van der Waals surface area contributed by atoms with Gasteiger partial charge in [-0.15, -0.1) is 0 Å². The van der Waals surface area contributed by atoms with Crippen LogP contribution in [-0.4, -0.2) is 6.54 Å². The fourth-order valence-electron chi connectivity index (χ4n) is 1.62. The molecule has 12 heavy (non-hydrogen) atoms. The van der Waals surface area contributed by atoms with Crippen LogP contribution in [0.3, 0.4) is 0 Å². The highest BCUT2D eigenvalue weighted by atomic mass is 19.1. The quantitative estimate of drug-likeness (QED) is 0.604. The minimum absolute atomic E-state index is 0.117. The Morgan fingerprint density at radius 1 is 1.33 bits per heavy atom. The van der Waals surface area contributed by atoms with Gasteiger partial charge < -0.3 is 0 Å². The zero-order chi connectivity index (χ0) is 8.39. The molecule has 1 atom stereocenters. The Labute approximate surface area is 71.6 Å². The molecule has 0 amide bonds. The van der Waals surface area contributed by atoms with Gasteiger partial charge in [0.05, 0.1) is 6.04 Å². The van der Waals surface area contributed by atoms with Crippen LogP contribution < -0.4 is 5.32 Å². The van der Waals surface area contributed by atoms with Gasteiger partial charge >= 0.3 is 0 Å². The van der Waals surface area contributed by atoms with Crippen molar-refractivity contribution in [1.29, 1.82) is 0 Å². The summed E-state index contributed by atoms with van der Waals surface area (Å²) >= 11 is 0. The zero-order valence-electron chi connectivity index (χ0n) is 6.83. The minimum atomic E-state index is -0.117. The highest BCUT2D eigenvalue weighted by Gasteiger charge is 2.19. The first kappa shape index (κ1) is 7.74. The average molecular weight is 164 g/mol. The molecular formula is C10H11FN. The van der Waals surface area contributed by atoms with Gasteiger partial charge in [-0.3, -0.25) is 0 Å². The minimum Gasteiger partial charge on any atom is -0.234 e. The van der Waals surface area contributed by atoms with Crippen LogP contribution in [-0.2, 0) is 0 Å². The molecule has 1 fully saturated rings. The third-order valence-electron chi connectivity index (χ3n) is 2.25. The van der Waals surface area contributed by atoms with Crippen LogP contribution >= 0.6 is 0 Å². The first-order chi connectivity index (χ1) is 5.88. The number of halogens is 1. The lowest BCUT2D eigenvalue weighted by Crippen LogP contribution is -2.06. The normalized spacial score (nSPS) is 22.9. The molecule has 1 nitrogen and oxygen atoms in total. The summed E-state index contributed by atoms with van der Waals surface area (Å²) < 4.78 is 13.2. The van der Waals surface area contributed by atoms with Gasteiger partial charge in [0.25, 0.3) is 0 Å². The van der Waals surface area contributed by atoms with Crippen molar-refractivity contribution in [2.45, 2.75) is 18.9 Å². The van der Waals surface area contributed by atoms with Crippen molar-refractivity contribution in [1.82, 2.24) is 5.32 Å². The Kier molecular flexibility index (Phi) is 2.09. The van der Waals surface area contributed by atoms with Crippen LogP contribution in [0.4, 0.5) is 4.39 Å². The monoisotopic (exact) mass is 164 g/mol. The average Bonchev–Trinajstić information content (AvgIpc) is 2.57. The van der Waals surface area contributed by atoms with E-state index in [0.717, 1.165) is 24.9 Å². The molecule has 1 aliphatic heterocycles. The van der Waals surface area contributed by atoms with Crippen molar-refractivity contribution in [2.75, 3.05) is 6.54 Å². The second-order valence-corrected chi connectivity index (χ2v) is 3.09. The summed E-state index contributed by atoms with van der Waals surface area (Å²) in [7, 11) is 0. The van der Waals surface area contributed by atoms with E-state index in [9.17, 15) is 4.39 Å². The van der Waals surface area contributed by atoms with Crippen molar-refractivity contribution >= 4 is 0 Å². The molecule has 0 N–H and O–H groups in total. The Morgan fingerprint density at radius 2 is 2.17 bits per heavy atom. The molecular weight excluding hydrogens is 153 g/mol. The summed E-state index contributed by atoms with van der Waals surface area (Å²) in [6.45, 7) is 0.888. The van der Waals surface area contributed by atoms with E-state index < -0.39 is 0 Å². The van der Waals surface area contributed by atoms with Crippen LogP contribution in [0.5, 0.6) is 0 Å². The SMILES string of the molecule is Fc1ccccc1C1CCC[N]1. The van der Waals surface area contributed by atoms with Gasteiger partial charge in [-0.1, -0.05) is 18.2 Å². The van der Waals surface area contributed by atoms with Crippen molar-refractivity contribution in [2.24, 2.45) is 0 Å². The van der Waals surface area contributed by atoms with Crippen molar-refractivity contribution in [3.63, 3.8) is 0 Å². The lowest BCUT2D eigenvalue weighted by molar-refractivity contribution is 0.554. The lowest BCUT2D eigenvalue weighted by atomic mass is 10.1. The van der Waals surface area contributed by atoms with Crippen LogP contribution in [0.2, 0.25) is 0 Å². The summed E-state index contributed by atoms with van der Waals surface area (Å²) in [5, 5.41) is 4.33. The molecule has 1 unspecified atom stereocenters. The Morgan fingerprint density at radius 3 is 2.83 bits per heavy atom. The number of nitrogens with zero attached hydrogens (tertiary/aromatic N) is 1. The lowest BCUT2D eigenvalue weighted by Gasteiger charge is -2.08. The molecule has 1 heterocycles. The molecule has 0 saturated carbocycles. The predicted molar refractivity (Wildman–Crippen MR) is 45.4 cm³/mol. The van der Waals surface area contributed by atoms with Crippen LogP contribution in [0, 0.1) is 5.82 Å². The first-order valence-electron chi connectivity index (χ1n) is 4.29. The highest BCUT2D eigenvalue weighted by molar-refractivity contribution is 5.21. The Hall–Kier alpha value is -0.890. The van der Waals surface area contributed by atoms with E-state index in [2.05, 4.69) is 5.32 Å². The summed E-state index contributed by atoms with van der Waals surface area (Å²) in [6.07, 6.45) is 2.10.